The zero-order chi connectivity index (χ0) is 19.5. The quantitative estimate of drug-likeness (QED) is 0.631. The number of aryl methyl sites for hydroxylation is 1. The number of nitrogens with zero attached hydrogens (tertiary/aromatic N) is 1. The molecule has 8 nitrogen and oxygen atoms in total. The van der Waals surface area contributed by atoms with Crippen LogP contribution in [0.5, 0.6) is 17.2 Å². The first-order valence-corrected chi connectivity index (χ1v) is 8.61. The summed E-state index contributed by atoms with van der Waals surface area (Å²) >= 11 is 0. The summed E-state index contributed by atoms with van der Waals surface area (Å²) in [5.41, 5.74) is 2.63. The van der Waals surface area contributed by atoms with Crippen LogP contribution in [0.3, 0.4) is 0 Å². The molecule has 0 radical (unpaired) electrons. The minimum atomic E-state index is -0.375. The summed E-state index contributed by atoms with van der Waals surface area (Å²) in [5, 5.41) is 16.3. The number of ether oxygens (including phenoxy) is 3. The lowest BCUT2D eigenvalue weighted by Gasteiger charge is -2.08. The van der Waals surface area contributed by atoms with Crippen molar-refractivity contribution >= 4 is 11.6 Å². The molecule has 0 saturated heterocycles. The van der Waals surface area contributed by atoms with E-state index in [0.29, 0.717) is 28.6 Å². The normalized spacial score (nSPS) is 12.2. The van der Waals surface area contributed by atoms with Crippen molar-refractivity contribution in [3.05, 3.63) is 53.7 Å². The molecule has 28 heavy (non-hydrogen) atoms. The SMILES string of the molecule is Cc1ccc(O)c(NC(=O)COCc2cc(-c3ccc4c(c3)OCO4)on2)c1. The summed E-state index contributed by atoms with van der Waals surface area (Å²) in [6, 6.07) is 12.2. The van der Waals surface area contributed by atoms with Crippen LogP contribution in [0.4, 0.5) is 5.69 Å². The third-order valence-corrected chi connectivity index (χ3v) is 4.13. The van der Waals surface area contributed by atoms with Gasteiger partial charge in [0.2, 0.25) is 12.7 Å². The van der Waals surface area contributed by atoms with E-state index >= 15 is 0 Å². The summed E-state index contributed by atoms with van der Waals surface area (Å²) in [4.78, 5) is 12.0. The number of fused-ring (bicyclic) bond motifs is 1. The standard InChI is InChI=1S/C20H18N2O6/c1-12-2-4-16(23)15(6-12)21-20(24)10-25-9-14-8-18(28-22-14)13-3-5-17-19(7-13)27-11-26-17/h2-8,23H,9-11H2,1H3,(H,21,24). The van der Waals surface area contributed by atoms with Gasteiger partial charge in [0.05, 0.1) is 12.3 Å². The van der Waals surface area contributed by atoms with E-state index < -0.39 is 0 Å². The molecule has 0 fully saturated rings. The Kier molecular flexibility index (Phi) is 4.86. The van der Waals surface area contributed by atoms with E-state index in [1.807, 2.05) is 19.1 Å². The van der Waals surface area contributed by atoms with Crippen molar-refractivity contribution in [1.82, 2.24) is 5.16 Å². The van der Waals surface area contributed by atoms with Gasteiger partial charge in [0.1, 0.15) is 18.1 Å². The summed E-state index contributed by atoms with van der Waals surface area (Å²) < 4.78 is 21.4. The van der Waals surface area contributed by atoms with Crippen LogP contribution in [0.15, 0.2) is 47.0 Å². The van der Waals surface area contributed by atoms with Gasteiger partial charge in [-0.1, -0.05) is 11.2 Å². The molecule has 0 unspecified atom stereocenters. The Balaban J connectivity index is 1.31. The van der Waals surface area contributed by atoms with Gasteiger partial charge in [-0.3, -0.25) is 4.79 Å². The van der Waals surface area contributed by atoms with Crippen LogP contribution in [-0.4, -0.2) is 29.6 Å². The van der Waals surface area contributed by atoms with Gasteiger partial charge in [-0.15, -0.1) is 0 Å². The molecule has 0 spiro atoms. The highest BCUT2D eigenvalue weighted by atomic mass is 16.7. The van der Waals surface area contributed by atoms with Crippen molar-refractivity contribution in [2.45, 2.75) is 13.5 Å². The first-order chi connectivity index (χ1) is 13.6. The Morgan fingerprint density at radius 1 is 1.18 bits per heavy atom. The van der Waals surface area contributed by atoms with Gasteiger partial charge >= 0.3 is 0 Å². The molecule has 0 aliphatic carbocycles. The topological polar surface area (TPSA) is 103 Å². The summed E-state index contributed by atoms with van der Waals surface area (Å²) in [5.74, 6) is 1.54. The second-order valence-corrected chi connectivity index (χ2v) is 6.31. The fourth-order valence-electron chi connectivity index (χ4n) is 2.75. The Labute approximate surface area is 160 Å². The molecule has 0 atom stereocenters. The predicted molar refractivity (Wildman–Crippen MR) is 99.2 cm³/mol. The molecule has 1 aliphatic heterocycles. The molecular formula is C20H18N2O6. The second-order valence-electron chi connectivity index (χ2n) is 6.31. The number of benzene rings is 2. The maximum Gasteiger partial charge on any atom is 0.250 e. The zero-order valence-electron chi connectivity index (χ0n) is 15.1. The number of hydrogen-bond acceptors (Lipinski definition) is 7. The molecule has 144 valence electrons. The van der Waals surface area contributed by atoms with Crippen molar-refractivity contribution in [3.8, 4) is 28.6 Å². The van der Waals surface area contributed by atoms with Gasteiger partial charge in [-0.25, -0.2) is 0 Å². The van der Waals surface area contributed by atoms with E-state index in [2.05, 4.69) is 10.5 Å². The van der Waals surface area contributed by atoms with Crippen molar-refractivity contribution in [1.29, 1.82) is 0 Å². The number of aromatic hydroxyl groups is 1. The number of hydrogen-bond donors (Lipinski definition) is 2. The Morgan fingerprint density at radius 2 is 2.04 bits per heavy atom. The van der Waals surface area contributed by atoms with Crippen LogP contribution in [0.2, 0.25) is 0 Å². The largest absolute Gasteiger partial charge is 0.506 e. The molecule has 2 heterocycles. The number of aromatic nitrogens is 1. The lowest BCUT2D eigenvalue weighted by Crippen LogP contribution is -2.18. The Hall–Kier alpha value is -3.52. The minimum absolute atomic E-state index is 0.00354. The van der Waals surface area contributed by atoms with E-state index in [9.17, 15) is 9.90 Å². The first-order valence-electron chi connectivity index (χ1n) is 8.61. The molecule has 2 aromatic carbocycles. The average Bonchev–Trinajstić information content (AvgIpc) is 3.33. The smallest absolute Gasteiger partial charge is 0.250 e. The second kappa shape index (κ2) is 7.61. The van der Waals surface area contributed by atoms with E-state index in [1.54, 1.807) is 24.3 Å². The third-order valence-electron chi connectivity index (χ3n) is 4.13. The first kappa shape index (κ1) is 17.9. The summed E-state index contributed by atoms with van der Waals surface area (Å²) in [6.07, 6.45) is 0. The van der Waals surface area contributed by atoms with Crippen LogP contribution >= 0.6 is 0 Å². The fraction of sp³-hybridized carbons (Fsp3) is 0.200. The summed E-state index contributed by atoms with van der Waals surface area (Å²) in [6.45, 7) is 2.01. The number of anilines is 1. The number of rotatable bonds is 6. The van der Waals surface area contributed by atoms with Crippen molar-refractivity contribution < 1.29 is 28.6 Å². The number of phenolic OH excluding ortho intramolecular Hbond substituents is 1. The molecule has 2 N–H and O–H groups in total. The van der Waals surface area contributed by atoms with Crippen molar-refractivity contribution in [2.24, 2.45) is 0 Å². The minimum Gasteiger partial charge on any atom is -0.506 e. The van der Waals surface area contributed by atoms with Crippen molar-refractivity contribution in [3.63, 3.8) is 0 Å². The third kappa shape index (κ3) is 3.91. The number of nitrogens with one attached hydrogen (secondary N) is 1. The van der Waals surface area contributed by atoms with E-state index in [-0.39, 0.29) is 31.7 Å². The molecule has 1 aromatic heterocycles. The van der Waals surface area contributed by atoms with E-state index in [4.69, 9.17) is 18.7 Å². The van der Waals surface area contributed by atoms with Crippen LogP contribution in [0.25, 0.3) is 11.3 Å². The molecule has 3 aromatic rings. The highest BCUT2D eigenvalue weighted by molar-refractivity contribution is 5.93. The molecule has 8 heteroatoms. The van der Waals surface area contributed by atoms with Gasteiger partial charge in [0.25, 0.3) is 0 Å². The lowest BCUT2D eigenvalue weighted by molar-refractivity contribution is -0.121. The van der Waals surface area contributed by atoms with Crippen LogP contribution in [0.1, 0.15) is 11.3 Å². The molecule has 1 aliphatic rings. The number of phenols is 1. The fourth-order valence-corrected chi connectivity index (χ4v) is 2.75. The van der Waals surface area contributed by atoms with Gasteiger partial charge in [-0.05, 0) is 42.8 Å². The van der Waals surface area contributed by atoms with Gasteiger partial charge in [-0.2, -0.15) is 0 Å². The number of carbonyl (C=O) groups excluding carboxylic acids is 1. The highest BCUT2D eigenvalue weighted by Crippen LogP contribution is 2.36. The predicted octanol–water partition coefficient (Wildman–Crippen LogP) is 3.24. The molecule has 4 rings (SSSR count). The van der Waals surface area contributed by atoms with Crippen LogP contribution in [-0.2, 0) is 16.1 Å². The van der Waals surface area contributed by atoms with Crippen molar-refractivity contribution in [2.75, 3.05) is 18.7 Å². The van der Waals surface area contributed by atoms with E-state index in [0.717, 1.165) is 11.1 Å². The van der Waals surface area contributed by atoms with E-state index in [1.165, 1.54) is 6.07 Å². The molecule has 1 amide bonds. The molecule has 0 bridgehead atoms. The highest BCUT2D eigenvalue weighted by Gasteiger charge is 2.16. The maximum absolute atomic E-state index is 12.0. The lowest BCUT2D eigenvalue weighted by atomic mass is 10.1. The zero-order valence-corrected chi connectivity index (χ0v) is 15.1. The number of carbonyl (C=O) groups is 1. The van der Waals surface area contributed by atoms with Crippen LogP contribution in [0, 0.1) is 6.92 Å². The monoisotopic (exact) mass is 382 g/mol. The Bertz CT molecular complexity index is 1010. The molecule has 0 saturated carbocycles. The average molecular weight is 382 g/mol. The molecular weight excluding hydrogens is 364 g/mol. The number of amides is 1. The summed E-state index contributed by atoms with van der Waals surface area (Å²) in [7, 11) is 0. The maximum atomic E-state index is 12.0. The van der Waals surface area contributed by atoms with Gasteiger partial charge in [0, 0.05) is 11.6 Å². The van der Waals surface area contributed by atoms with Crippen LogP contribution < -0.4 is 14.8 Å². The van der Waals surface area contributed by atoms with Gasteiger partial charge in [0.15, 0.2) is 17.3 Å². The Morgan fingerprint density at radius 3 is 2.93 bits per heavy atom. The van der Waals surface area contributed by atoms with Gasteiger partial charge < -0.3 is 29.2 Å².